The Labute approximate surface area is 188 Å². The van der Waals surface area contributed by atoms with Crippen LogP contribution >= 0.6 is 11.3 Å². The molecule has 0 N–H and O–H groups in total. The maximum absolute atomic E-state index is 13.2. The summed E-state index contributed by atoms with van der Waals surface area (Å²) in [4.78, 5) is 27.7. The molecular formula is C24H20N6OS. The summed E-state index contributed by atoms with van der Waals surface area (Å²) < 4.78 is 3.25. The van der Waals surface area contributed by atoms with Gasteiger partial charge in [0.15, 0.2) is 0 Å². The lowest BCUT2D eigenvalue weighted by molar-refractivity contribution is 0.686. The first-order chi connectivity index (χ1) is 15.3. The topological polar surface area (TPSA) is 89.4 Å². The third-order valence-electron chi connectivity index (χ3n) is 5.73. The van der Waals surface area contributed by atoms with E-state index in [1.165, 1.54) is 11.3 Å². The Kier molecular flexibility index (Phi) is 4.46. The first-order valence-corrected chi connectivity index (χ1v) is 10.9. The van der Waals surface area contributed by atoms with E-state index < -0.39 is 5.41 Å². The Hall–Kier alpha value is -3.83. The quantitative estimate of drug-likeness (QED) is 0.412. The van der Waals surface area contributed by atoms with E-state index in [2.05, 4.69) is 16.0 Å². The van der Waals surface area contributed by atoms with Crippen molar-refractivity contribution in [3.05, 3.63) is 70.5 Å². The molecule has 0 atom stereocenters. The van der Waals surface area contributed by atoms with Crippen LogP contribution < -0.4 is 5.69 Å². The van der Waals surface area contributed by atoms with Gasteiger partial charge < -0.3 is 0 Å². The van der Waals surface area contributed by atoms with Gasteiger partial charge in [0.05, 0.1) is 28.9 Å². The average molecular weight is 441 g/mol. The van der Waals surface area contributed by atoms with Gasteiger partial charge in [0.25, 0.3) is 0 Å². The second-order valence-electron chi connectivity index (χ2n) is 8.31. The Morgan fingerprint density at radius 3 is 2.47 bits per heavy atom. The second kappa shape index (κ2) is 7.11. The molecule has 0 saturated heterocycles. The lowest BCUT2D eigenvalue weighted by atomic mass is 9.86. The van der Waals surface area contributed by atoms with Crippen LogP contribution in [0.4, 0.5) is 0 Å². The van der Waals surface area contributed by atoms with E-state index in [9.17, 15) is 10.1 Å². The van der Waals surface area contributed by atoms with Crippen molar-refractivity contribution in [1.29, 1.82) is 5.26 Å². The van der Waals surface area contributed by atoms with Crippen LogP contribution in [0.25, 0.3) is 37.6 Å². The first-order valence-electron chi connectivity index (χ1n) is 10.1. The predicted octanol–water partition coefficient (Wildman–Crippen LogP) is 4.51. The van der Waals surface area contributed by atoms with E-state index in [0.717, 1.165) is 37.9 Å². The summed E-state index contributed by atoms with van der Waals surface area (Å²) in [5.41, 5.74) is 4.81. The molecule has 0 aliphatic rings. The molecule has 5 rings (SSSR count). The van der Waals surface area contributed by atoms with Gasteiger partial charge in [-0.25, -0.2) is 14.8 Å². The molecule has 0 saturated carbocycles. The largest absolute Gasteiger partial charge is 0.333 e. The zero-order valence-corrected chi connectivity index (χ0v) is 18.9. The number of nitriles is 1. The fraction of sp³-hybridized carbons (Fsp3) is 0.208. The Morgan fingerprint density at radius 1 is 1.06 bits per heavy atom. The van der Waals surface area contributed by atoms with Gasteiger partial charge in [-0.3, -0.25) is 14.1 Å². The predicted molar refractivity (Wildman–Crippen MR) is 126 cm³/mol. The van der Waals surface area contributed by atoms with Crippen molar-refractivity contribution in [1.82, 2.24) is 24.1 Å². The maximum Gasteiger partial charge on any atom is 0.333 e. The number of hydrogen-bond donors (Lipinski definition) is 0. The first kappa shape index (κ1) is 20.1. The summed E-state index contributed by atoms with van der Waals surface area (Å²) in [6.07, 6.45) is 3.52. The highest BCUT2D eigenvalue weighted by molar-refractivity contribution is 7.21. The summed E-state index contributed by atoms with van der Waals surface area (Å²) in [6, 6.07) is 13.8. The average Bonchev–Trinajstić information content (AvgIpc) is 3.34. The number of thiazole rings is 1. The summed E-state index contributed by atoms with van der Waals surface area (Å²) in [5.74, 6) is 0. The van der Waals surface area contributed by atoms with E-state index in [1.54, 1.807) is 28.6 Å². The molecule has 0 spiro atoms. The molecule has 7 nitrogen and oxygen atoms in total. The van der Waals surface area contributed by atoms with Crippen LogP contribution in [-0.4, -0.2) is 24.1 Å². The van der Waals surface area contributed by atoms with E-state index in [4.69, 9.17) is 4.98 Å². The van der Waals surface area contributed by atoms with Gasteiger partial charge >= 0.3 is 5.69 Å². The lowest BCUT2D eigenvalue weighted by Gasteiger charge is -2.16. The van der Waals surface area contributed by atoms with Crippen molar-refractivity contribution in [3.63, 3.8) is 0 Å². The molecular weight excluding hydrogens is 420 g/mol. The zero-order chi connectivity index (χ0) is 22.6. The van der Waals surface area contributed by atoms with Crippen molar-refractivity contribution in [2.24, 2.45) is 7.05 Å². The summed E-state index contributed by atoms with van der Waals surface area (Å²) >= 11 is 1.48. The standard InChI is InChI=1S/C24H20N6OS/c1-14-5-6-15(11-26-14)21-28-19-20-18(12-27-22(19)32-21)29(4)23(31)30(20)17-9-7-16(8-10-17)24(2,3)13-25/h5-12H,1-4H3. The SMILES string of the molecule is Cc1ccc(-c2nc3c(ncc4c3n(-c3ccc(C(C)(C)C#N)cc3)c(=O)n4C)s2)cn1. The number of hydrogen-bond acceptors (Lipinski definition) is 6. The molecule has 0 aliphatic carbocycles. The third-order valence-corrected chi connectivity index (χ3v) is 6.74. The molecule has 0 bridgehead atoms. The van der Waals surface area contributed by atoms with Crippen LogP contribution in [0.1, 0.15) is 25.1 Å². The second-order valence-corrected chi connectivity index (χ2v) is 9.29. The van der Waals surface area contributed by atoms with Gasteiger partial charge in [0.1, 0.15) is 20.9 Å². The van der Waals surface area contributed by atoms with Crippen molar-refractivity contribution < 1.29 is 0 Å². The molecule has 32 heavy (non-hydrogen) atoms. The highest BCUT2D eigenvalue weighted by atomic mass is 32.1. The molecule has 158 valence electrons. The molecule has 1 aromatic carbocycles. The van der Waals surface area contributed by atoms with Crippen LogP contribution in [0.3, 0.4) is 0 Å². The molecule has 0 unspecified atom stereocenters. The van der Waals surface area contributed by atoms with Crippen LogP contribution in [0, 0.1) is 18.3 Å². The molecule has 4 heterocycles. The van der Waals surface area contributed by atoms with Crippen LogP contribution in [0.5, 0.6) is 0 Å². The summed E-state index contributed by atoms with van der Waals surface area (Å²) in [7, 11) is 1.74. The summed E-state index contributed by atoms with van der Waals surface area (Å²) in [6.45, 7) is 5.69. The fourth-order valence-corrected chi connectivity index (χ4v) is 4.62. The van der Waals surface area contributed by atoms with E-state index >= 15 is 0 Å². The van der Waals surface area contributed by atoms with Crippen molar-refractivity contribution >= 4 is 32.7 Å². The Bertz CT molecular complexity index is 1580. The van der Waals surface area contributed by atoms with Gasteiger partial charge in [-0.2, -0.15) is 5.26 Å². The highest BCUT2D eigenvalue weighted by Crippen LogP contribution is 2.33. The number of imidazole rings is 1. The van der Waals surface area contributed by atoms with E-state index in [-0.39, 0.29) is 5.69 Å². The van der Waals surface area contributed by atoms with Gasteiger partial charge in [-0.1, -0.05) is 23.5 Å². The van der Waals surface area contributed by atoms with Crippen LogP contribution in [-0.2, 0) is 12.5 Å². The molecule has 0 aliphatic heterocycles. The lowest BCUT2D eigenvalue weighted by Crippen LogP contribution is -2.21. The molecule has 5 aromatic rings. The van der Waals surface area contributed by atoms with Crippen LogP contribution in [0.2, 0.25) is 0 Å². The van der Waals surface area contributed by atoms with Crippen LogP contribution in [0.15, 0.2) is 53.6 Å². The zero-order valence-electron chi connectivity index (χ0n) is 18.1. The van der Waals surface area contributed by atoms with Crippen molar-refractivity contribution in [3.8, 4) is 22.3 Å². The molecule has 0 fully saturated rings. The number of pyridine rings is 2. The normalized spacial score (nSPS) is 11.8. The Morgan fingerprint density at radius 2 is 1.81 bits per heavy atom. The number of aromatic nitrogens is 5. The summed E-state index contributed by atoms with van der Waals surface area (Å²) in [5, 5.41) is 10.2. The molecule has 4 aromatic heterocycles. The molecule has 0 amide bonds. The smallest absolute Gasteiger partial charge is 0.293 e. The van der Waals surface area contributed by atoms with Crippen molar-refractivity contribution in [2.45, 2.75) is 26.2 Å². The van der Waals surface area contributed by atoms with E-state index in [0.29, 0.717) is 11.0 Å². The monoisotopic (exact) mass is 440 g/mol. The third kappa shape index (κ3) is 3.01. The fourth-order valence-electron chi connectivity index (χ4n) is 3.72. The van der Waals surface area contributed by atoms with Gasteiger partial charge in [0.2, 0.25) is 0 Å². The minimum Gasteiger partial charge on any atom is -0.293 e. The van der Waals surface area contributed by atoms with E-state index in [1.807, 2.05) is 57.2 Å². The van der Waals surface area contributed by atoms with Gasteiger partial charge in [-0.05, 0) is 50.6 Å². The van der Waals surface area contributed by atoms with Gasteiger partial charge in [-0.15, -0.1) is 0 Å². The molecule has 8 heteroatoms. The maximum atomic E-state index is 13.2. The molecule has 0 radical (unpaired) electrons. The number of nitrogens with zero attached hydrogens (tertiary/aromatic N) is 6. The Balaban J connectivity index is 1.75. The van der Waals surface area contributed by atoms with Crippen molar-refractivity contribution in [2.75, 3.05) is 0 Å². The number of rotatable bonds is 3. The minimum absolute atomic E-state index is 0.173. The van der Waals surface area contributed by atoms with Gasteiger partial charge in [0, 0.05) is 24.5 Å². The number of aryl methyl sites for hydroxylation is 2. The number of benzene rings is 1. The minimum atomic E-state index is -0.606. The highest BCUT2D eigenvalue weighted by Gasteiger charge is 2.22. The number of fused-ring (bicyclic) bond motifs is 3.